The normalized spacial score (nSPS) is 11.9. The number of hydrogen-bond acceptors (Lipinski definition) is 5. The van der Waals surface area contributed by atoms with Gasteiger partial charge in [0.2, 0.25) is 10.0 Å². The van der Waals surface area contributed by atoms with Gasteiger partial charge in [-0.15, -0.1) is 0 Å². The van der Waals surface area contributed by atoms with E-state index in [0.717, 1.165) is 0 Å². The lowest BCUT2D eigenvalue weighted by Crippen LogP contribution is -2.28. The van der Waals surface area contributed by atoms with Crippen molar-refractivity contribution in [1.29, 1.82) is 0 Å². The Hall–Kier alpha value is -0.210. The first-order valence-electron chi connectivity index (χ1n) is 5.77. The molecule has 0 atom stereocenters. The van der Waals surface area contributed by atoms with Gasteiger partial charge in [-0.3, -0.25) is 0 Å². The van der Waals surface area contributed by atoms with E-state index in [1.807, 2.05) is 0 Å². The number of hydrogen-bond donors (Lipinski definition) is 2. The molecule has 2 N–H and O–H groups in total. The van der Waals surface area contributed by atoms with Gasteiger partial charge in [0.05, 0.1) is 19.0 Å². The number of methoxy groups -OCH3 is 1. The zero-order valence-electron chi connectivity index (χ0n) is 10.4. The van der Waals surface area contributed by atoms with Crippen LogP contribution in [-0.4, -0.2) is 59.4 Å². The van der Waals surface area contributed by atoms with Crippen molar-refractivity contribution in [2.45, 2.75) is 19.3 Å². The van der Waals surface area contributed by atoms with Crippen LogP contribution in [0.5, 0.6) is 0 Å². The largest absolute Gasteiger partial charge is 0.396 e. The van der Waals surface area contributed by atoms with Gasteiger partial charge in [0.15, 0.2) is 0 Å². The lowest BCUT2D eigenvalue weighted by molar-refractivity contribution is 0.0699. The van der Waals surface area contributed by atoms with Gasteiger partial charge in [0, 0.05) is 26.9 Å². The summed E-state index contributed by atoms with van der Waals surface area (Å²) in [6.45, 7) is 2.01. The highest BCUT2D eigenvalue weighted by Gasteiger charge is 2.08. The highest BCUT2D eigenvalue weighted by Crippen LogP contribution is 1.94. The SMILES string of the molecule is COCCOCCCNS(=O)(=O)CCCCO. The summed E-state index contributed by atoms with van der Waals surface area (Å²) in [4.78, 5) is 0. The Morgan fingerprint density at radius 1 is 1.12 bits per heavy atom. The molecule has 0 aliphatic carbocycles. The Balaban J connectivity index is 3.39. The number of nitrogens with one attached hydrogen (secondary N) is 1. The van der Waals surface area contributed by atoms with Gasteiger partial charge in [0.25, 0.3) is 0 Å². The van der Waals surface area contributed by atoms with Crippen LogP contribution in [0.25, 0.3) is 0 Å². The smallest absolute Gasteiger partial charge is 0.211 e. The molecule has 0 amide bonds. The molecule has 0 radical (unpaired) electrons. The minimum atomic E-state index is -3.19. The molecule has 0 spiro atoms. The van der Waals surface area contributed by atoms with Crippen molar-refractivity contribution in [3.8, 4) is 0 Å². The average Bonchev–Trinajstić information content (AvgIpc) is 2.28. The Morgan fingerprint density at radius 2 is 1.88 bits per heavy atom. The standard InChI is InChI=1S/C10H23NO5S/c1-15-8-9-16-7-4-5-11-17(13,14)10-3-2-6-12/h11-12H,2-10H2,1H3. The van der Waals surface area contributed by atoms with Crippen molar-refractivity contribution in [1.82, 2.24) is 4.72 Å². The summed E-state index contributed by atoms with van der Waals surface area (Å²) in [6, 6.07) is 0. The highest BCUT2D eigenvalue weighted by molar-refractivity contribution is 7.89. The fourth-order valence-corrected chi connectivity index (χ4v) is 2.31. The van der Waals surface area contributed by atoms with Crippen molar-refractivity contribution < 1.29 is 23.0 Å². The van der Waals surface area contributed by atoms with Gasteiger partial charge in [0.1, 0.15) is 0 Å². The average molecular weight is 269 g/mol. The first-order chi connectivity index (χ1) is 8.12. The fourth-order valence-electron chi connectivity index (χ4n) is 1.12. The van der Waals surface area contributed by atoms with E-state index in [1.165, 1.54) is 0 Å². The number of aliphatic hydroxyl groups is 1. The molecule has 0 heterocycles. The van der Waals surface area contributed by atoms with Gasteiger partial charge in [-0.25, -0.2) is 13.1 Å². The lowest BCUT2D eigenvalue weighted by Gasteiger charge is -2.06. The predicted octanol–water partition coefficient (Wildman–Crippen LogP) is -0.269. The highest BCUT2D eigenvalue weighted by atomic mass is 32.2. The summed E-state index contributed by atoms with van der Waals surface area (Å²) in [5, 5.41) is 8.54. The Morgan fingerprint density at radius 3 is 2.53 bits per heavy atom. The minimum absolute atomic E-state index is 0.0306. The molecule has 17 heavy (non-hydrogen) atoms. The van der Waals surface area contributed by atoms with E-state index in [-0.39, 0.29) is 12.4 Å². The topological polar surface area (TPSA) is 84.9 Å². The second-order valence-corrected chi connectivity index (χ2v) is 5.53. The van der Waals surface area contributed by atoms with Crippen molar-refractivity contribution >= 4 is 10.0 Å². The summed E-state index contributed by atoms with van der Waals surface area (Å²) in [5.41, 5.74) is 0. The molecule has 104 valence electrons. The monoisotopic (exact) mass is 269 g/mol. The van der Waals surface area contributed by atoms with Crippen molar-refractivity contribution in [2.75, 3.05) is 45.8 Å². The quantitative estimate of drug-likeness (QED) is 0.476. The van der Waals surface area contributed by atoms with E-state index in [2.05, 4.69) is 4.72 Å². The van der Waals surface area contributed by atoms with Crippen molar-refractivity contribution in [3.63, 3.8) is 0 Å². The van der Waals surface area contributed by atoms with Crippen LogP contribution < -0.4 is 4.72 Å². The maximum atomic E-state index is 11.4. The molecule has 0 aromatic carbocycles. The third kappa shape index (κ3) is 12.0. The van der Waals surface area contributed by atoms with E-state index in [4.69, 9.17) is 14.6 Å². The molecule has 0 aromatic rings. The summed E-state index contributed by atoms with van der Waals surface area (Å²) in [6.07, 6.45) is 1.64. The van der Waals surface area contributed by atoms with E-state index >= 15 is 0 Å². The van der Waals surface area contributed by atoms with Crippen LogP contribution in [0, 0.1) is 0 Å². The zero-order valence-corrected chi connectivity index (χ0v) is 11.2. The molecule has 0 fully saturated rings. The van der Waals surface area contributed by atoms with E-state index in [0.29, 0.717) is 45.6 Å². The number of ether oxygens (including phenoxy) is 2. The molecule has 0 unspecified atom stereocenters. The van der Waals surface area contributed by atoms with Crippen LogP contribution in [0.4, 0.5) is 0 Å². The van der Waals surface area contributed by atoms with Crippen molar-refractivity contribution in [3.05, 3.63) is 0 Å². The number of sulfonamides is 1. The molecule has 0 rings (SSSR count). The van der Waals surface area contributed by atoms with Crippen LogP contribution in [0.2, 0.25) is 0 Å². The number of aliphatic hydroxyl groups excluding tert-OH is 1. The predicted molar refractivity (Wildman–Crippen MR) is 65.4 cm³/mol. The molecule has 0 saturated heterocycles. The Labute approximate surface area is 103 Å². The molecule has 0 aromatic heterocycles. The summed E-state index contributed by atoms with van der Waals surface area (Å²) in [7, 11) is -1.59. The second kappa shape index (κ2) is 10.9. The molecular formula is C10H23NO5S. The lowest BCUT2D eigenvalue weighted by atomic mass is 10.4. The molecule has 0 bridgehead atoms. The second-order valence-electron chi connectivity index (χ2n) is 3.60. The van der Waals surface area contributed by atoms with E-state index in [9.17, 15) is 8.42 Å². The Bertz CT molecular complexity index is 255. The van der Waals surface area contributed by atoms with Gasteiger partial charge >= 0.3 is 0 Å². The molecule has 0 aliphatic rings. The third-order valence-corrected chi connectivity index (χ3v) is 3.51. The molecule has 0 aliphatic heterocycles. The van der Waals surface area contributed by atoms with Crippen LogP contribution in [-0.2, 0) is 19.5 Å². The maximum Gasteiger partial charge on any atom is 0.211 e. The Kier molecular flexibility index (Phi) is 10.8. The summed E-state index contributed by atoms with van der Waals surface area (Å²) < 4.78 is 35.3. The van der Waals surface area contributed by atoms with Crippen LogP contribution in [0.3, 0.4) is 0 Å². The van der Waals surface area contributed by atoms with Gasteiger partial charge in [-0.2, -0.15) is 0 Å². The third-order valence-electron chi connectivity index (χ3n) is 2.04. The summed E-state index contributed by atoms with van der Waals surface area (Å²) >= 11 is 0. The molecule has 0 saturated carbocycles. The minimum Gasteiger partial charge on any atom is -0.396 e. The van der Waals surface area contributed by atoms with E-state index in [1.54, 1.807) is 7.11 Å². The fraction of sp³-hybridized carbons (Fsp3) is 1.00. The van der Waals surface area contributed by atoms with Crippen molar-refractivity contribution in [2.24, 2.45) is 0 Å². The van der Waals surface area contributed by atoms with Crippen LogP contribution in [0.15, 0.2) is 0 Å². The first kappa shape index (κ1) is 16.8. The van der Waals surface area contributed by atoms with Crippen LogP contribution in [0.1, 0.15) is 19.3 Å². The molecular weight excluding hydrogens is 246 g/mol. The van der Waals surface area contributed by atoms with Gasteiger partial charge < -0.3 is 14.6 Å². The zero-order chi connectivity index (χ0) is 13.0. The van der Waals surface area contributed by atoms with E-state index < -0.39 is 10.0 Å². The van der Waals surface area contributed by atoms with Gasteiger partial charge in [-0.1, -0.05) is 0 Å². The molecule has 7 heteroatoms. The first-order valence-corrected chi connectivity index (χ1v) is 7.42. The van der Waals surface area contributed by atoms with Gasteiger partial charge in [-0.05, 0) is 19.3 Å². The number of unbranched alkanes of at least 4 members (excludes halogenated alkanes) is 1. The summed E-state index contributed by atoms with van der Waals surface area (Å²) in [5.74, 6) is 0.0676. The molecule has 6 nitrogen and oxygen atoms in total. The van der Waals surface area contributed by atoms with Crippen LogP contribution >= 0.6 is 0 Å². The maximum absolute atomic E-state index is 11.4. The number of rotatable bonds is 12.